The zero-order valence-electron chi connectivity index (χ0n) is 15.2. The van der Waals surface area contributed by atoms with E-state index in [9.17, 15) is 0 Å². The van der Waals surface area contributed by atoms with Crippen molar-refractivity contribution in [3.8, 4) is 5.69 Å². The molecule has 1 N–H and O–H groups in total. The van der Waals surface area contributed by atoms with Crippen LogP contribution < -0.4 is 5.32 Å². The summed E-state index contributed by atoms with van der Waals surface area (Å²) in [5.41, 5.74) is 3.22. The van der Waals surface area contributed by atoms with Crippen LogP contribution in [0.15, 0.2) is 64.3 Å². The number of aryl methyl sites for hydroxylation is 1. The van der Waals surface area contributed by atoms with E-state index < -0.39 is 0 Å². The van der Waals surface area contributed by atoms with Crippen LogP contribution in [0.5, 0.6) is 0 Å². The first-order valence-electron chi connectivity index (χ1n) is 8.39. The number of benzene rings is 1. The third kappa shape index (κ3) is 4.35. The Hall–Kier alpha value is -2.54. The quantitative estimate of drug-likeness (QED) is 0.515. The Morgan fingerprint density at radius 3 is 2.69 bits per heavy atom. The molecular weight excluding hydrogens is 392 g/mol. The number of nitrogens with zero attached hydrogens (tertiary/aromatic N) is 5. The standard InChI is InChI=1S/C19H23BrN6/c1-21-19(25(3)14-18-11-15(20)13-24(18)2)22-12-16-9-10-26(23-16)17-7-5-4-6-8-17/h4-11,13H,12,14H2,1-3H3,(H,21,22). The summed E-state index contributed by atoms with van der Waals surface area (Å²) in [6.07, 6.45) is 4.02. The van der Waals surface area contributed by atoms with E-state index in [1.54, 1.807) is 7.05 Å². The van der Waals surface area contributed by atoms with Crippen molar-refractivity contribution in [3.63, 3.8) is 0 Å². The largest absolute Gasteiger partial charge is 0.352 e. The highest BCUT2D eigenvalue weighted by atomic mass is 79.9. The van der Waals surface area contributed by atoms with Crippen molar-refractivity contribution in [2.75, 3.05) is 14.1 Å². The number of nitrogens with one attached hydrogen (secondary N) is 1. The average molecular weight is 415 g/mol. The second-order valence-electron chi connectivity index (χ2n) is 6.10. The van der Waals surface area contributed by atoms with Gasteiger partial charge in [-0.1, -0.05) is 18.2 Å². The summed E-state index contributed by atoms with van der Waals surface area (Å²) >= 11 is 3.51. The number of aromatic nitrogens is 3. The van der Waals surface area contributed by atoms with Crippen LogP contribution in [0.4, 0.5) is 0 Å². The smallest absolute Gasteiger partial charge is 0.194 e. The molecule has 136 valence electrons. The monoisotopic (exact) mass is 414 g/mol. The third-order valence-electron chi connectivity index (χ3n) is 4.14. The predicted octanol–water partition coefficient (Wildman–Crippen LogP) is 3.18. The Bertz CT molecular complexity index is 881. The van der Waals surface area contributed by atoms with E-state index in [2.05, 4.69) is 53.1 Å². The van der Waals surface area contributed by atoms with Crippen molar-refractivity contribution >= 4 is 21.9 Å². The van der Waals surface area contributed by atoms with Gasteiger partial charge in [0.2, 0.25) is 0 Å². The maximum atomic E-state index is 4.62. The highest BCUT2D eigenvalue weighted by molar-refractivity contribution is 9.10. The summed E-state index contributed by atoms with van der Waals surface area (Å²) in [5, 5.41) is 7.99. The summed E-state index contributed by atoms with van der Waals surface area (Å²) in [5.74, 6) is 0.830. The molecule has 0 spiro atoms. The molecule has 3 aromatic rings. The second kappa shape index (κ2) is 8.23. The molecular formula is C19H23BrN6. The van der Waals surface area contributed by atoms with Gasteiger partial charge in [-0.2, -0.15) is 5.10 Å². The average Bonchev–Trinajstić information content (AvgIpc) is 3.23. The topological polar surface area (TPSA) is 50.4 Å². The summed E-state index contributed by atoms with van der Waals surface area (Å²) < 4.78 is 5.07. The molecule has 0 atom stereocenters. The molecule has 0 saturated heterocycles. The van der Waals surface area contributed by atoms with Crippen LogP contribution in [-0.4, -0.2) is 39.3 Å². The van der Waals surface area contributed by atoms with Gasteiger partial charge in [-0.3, -0.25) is 4.99 Å². The summed E-state index contributed by atoms with van der Waals surface area (Å²) in [6.45, 7) is 1.38. The number of halogens is 1. The van der Waals surface area contributed by atoms with Crippen molar-refractivity contribution in [2.45, 2.75) is 13.1 Å². The van der Waals surface area contributed by atoms with Gasteiger partial charge in [0.15, 0.2) is 5.96 Å². The zero-order chi connectivity index (χ0) is 18.5. The maximum absolute atomic E-state index is 4.62. The van der Waals surface area contributed by atoms with Crippen molar-refractivity contribution in [1.29, 1.82) is 0 Å². The number of guanidine groups is 1. The van der Waals surface area contributed by atoms with E-state index in [1.165, 1.54) is 5.69 Å². The Balaban J connectivity index is 1.61. The molecule has 6 nitrogen and oxygen atoms in total. The molecule has 7 heteroatoms. The van der Waals surface area contributed by atoms with Crippen LogP contribution in [-0.2, 0) is 20.1 Å². The fraction of sp³-hybridized carbons (Fsp3) is 0.263. The minimum atomic E-state index is 0.619. The van der Waals surface area contributed by atoms with Crippen molar-refractivity contribution in [2.24, 2.45) is 12.0 Å². The van der Waals surface area contributed by atoms with Gasteiger partial charge in [-0.05, 0) is 40.2 Å². The van der Waals surface area contributed by atoms with Crippen molar-refractivity contribution in [1.82, 2.24) is 24.6 Å². The van der Waals surface area contributed by atoms with Gasteiger partial charge in [-0.25, -0.2) is 4.68 Å². The Morgan fingerprint density at radius 1 is 1.27 bits per heavy atom. The summed E-state index contributed by atoms with van der Waals surface area (Å²) in [7, 11) is 5.86. The van der Waals surface area contributed by atoms with E-state index in [4.69, 9.17) is 0 Å². The molecule has 0 radical (unpaired) electrons. The van der Waals surface area contributed by atoms with Crippen LogP contribution in [0.1, 0.15) is 11.4 Å². The van der Waals surface area contributed by atoms with Gasteiger partial charge in [0.25, 0.3) is 0 Å². The van der Waals surface area contributed by atoms with E-state index in [0.717, 1.165) is 28.4 Å². The fourth-order valence-electron chi connectivity index (χ4n) is 2.78. The second-order valence-corrected chi connectivity index (χ2v) is 7.02. The molecule has 0 amide bonds. The van der Waals surface area contributed by atoms with Gasteiger partial charge in [0.1, 0.15) is 0 Å². The number of para-hydroxylation sites is 1. The first-order chi connectivity index (χ1) is 12.6. The Kier molecular flexibility index (Phi) is 5.78. The number of hydrogen-bond acceptors (Lipinski definition) is 2. The maximum Gasteiger partial charge on any atom is 0.194 e. The van der Waals surface area contributed by atoms with Crippen LogP contribution in [0, 0.1) is 0 Å². The lowest BCUT2D eigenvalue weighted by molar-refractivity contribution is 0.461. The van der Waals surface area contributed by atoms with Crippen LogP contribution in [0.3, 0.4) is 0 Å². The molecule has 2 aromatic heterocycles. The highest BCUT2D eigenvalue weighted by Crippen LogP contribution is 2.15. The lowest BCUT2D eigenvalue weighted by Crippen LogP contribution is -2.38. The van der Waals surface area contributed by atoms with Crippen LogP contribution in [0.2, 0.25) is 0 Å². The molecule has 0 bridgehead atoms. The van der Waals surface area contributed by atoms with Crippen molar-refractivity contribution in [3.05, 3.63) is 70.7 Å². The minimum absolute atomic E-state index is 0.619. The van der Waals surface area contributed by atoms with Crippen LogP contribution >= 0.6 is 15.9 Å². The molecule has 26 heavy (non-hydrogen) atoms. The molecule has 0 aliphatic heterocycles. The summed E-state index contributed by atoms with van der Waals surface area (Å²) in [4.78, 5) is 6.47. The van der Waals surface area contributed by atoms with Gasteiger partial charge in [0.05, 0.1) is 24.5 Å². The van der Waals surface area contributed by atoms with E-state index in [1.807, 2.05) is 61.4 Å². The molecule has 0 aliphatic rings. The van der Waals surface area contributed by atoms with Gasteiger partial charge in [-0.15, -0.1) is 0 Å². The molecule has 0 unspecified atom stereocenters. The lowest BCUT2D eigenvalue weighted by Gasteiger charge is -2.22. The molecule has 0 saturated carbocycles. The molecule has 0 fully saturated rings. The van der Waals surface area contributed by atoms with Crippen molar-refractivity contribution < 1.29 is 0 Å². The molecule has 1 aromatic carbocycles. The predicted molar refractivity (Wildman–Crippen MR) is 108 cm³/mol. The Labute approximate surface area is 162 Å². The molecule has 0 aliphatic carbocycles. The summed E-state index contributed by atoms with van der Waals surface area (Å²) in [6, 6.07) is 14.2. The first kappa shape index (κ1) is 18.3. The third-order valence-corrected chi connectivity index (χ3v) is 4.57. The lowest BCUT2D eigenvalue weighted by atomic mass is 10.3. The SMILES string of the molecule is CN=C(NCc1ccn(-c2ccccc2)n1)N(C)Cc1cc(Br)cn1C. The van der Waals surface area contributed by atoms with E-state index in [0.29, 0.717) is 6.54 Å². The zero-order valence-corrected chi connectivity index (χ0v) is 16.8. The van der Waals surface area contributed by atoms with Gasteiger partial charge >= 0.3 is 0 Å². The number of aliphatic imine (C=N–C) groups is 1. The van der Waals surface area contributed by atoms with E-state index in [-0.39, 0.29) is 0 Å². The molecule has 2 heterocycles. The normalized spacial score (nSPS) is 11.6. The number of rotatable bonds is 5. The van der Waals surface area contributed by atoms with Gasteiger partial charge in [0, 0.05) is 43.7 Å². The highest BCUT2D eigenvalue weighted by Gasteiger charge is 2.10. The van der Waals surface area contributed by atoms with E-state index >= 15 is 0 Å². The van der Waals surface area contributed by atoms with Gasteiger partial charge < -0.3 is 14.8 Å². The first-order valence-corrected chi connectivity index (χ1v) is 9.18. The Morgan fingerprint density at radius 2 is 2.04 bits per heavy atom. The number of hydrogen-bond donors (Lipinski definition) is 1. The van der Waals surface area contributed by atoms with Crippen LogP contribution in [0.25, 0.3) is 5.69 Å². The minimum Gasteiger partial charge on any atom is -0.352 e. The molecule has 3 rings (SSSR count). The fourth-order valence-corrected chi connectivity index (χ4v) is 3.35.